The van der Waals surface area contributed by atoms with E-state index in [9.17, 15) is 4.79 Å². The maximum Gasteiger partial charge on any atom is 0.314 e. The average Bonchev–Trinajstić information content (AvgIpc) is 2.79. The Labute approximate surface area is 182 Å². The van der Waals surface area contributed by atoms with Crippen molar-refractivity contribution in [3.8, 4) is 17.0 Å². The quantitative estimate of drug-likeness (QED) is 0.234. The first kappa shape index (κ1) is 22.5. The molecule has 162 valence electrons. The lowest BCUT2D eigenvalue weighted by Gasteiger charge is -2.27. The molecule has 3 rings (SSSR count). The molecule has 0 bridgehead atoms. The zero-order valence-corrected chi connectivity index (χ0v) is 18.7. The molecule has 1 heterocycles. The Balaban J connectivity index is 1.48. The zero-order valence-electron chi connectivity index (χ0n) is 18.7. The van der Waals surface area contributed by atoms with Crippen molar-refractivity contribution in [3.05, 3.63) is 48.2 Å². The number of pyridine rings is 1. The van der Waals surface area contributed by atoms with Gasteiger partial charge in [-0.15, -0.1) is 0 Å². The second kappa shape index (κ2) is 11.9. The smallest absolute Gasteiger partial charge is 0.314 e. The summed E-state index contributed by atoms with van der Waals surface area (Å²) >= 11 is 0. The normalized spacial score (nSPS) is 18.9. The van der Waals surface area contributed by atoms with Crippen molar-refractivity contribution in [3.63, 3.8) is 0 Å². The molecule has 1 aliphatic rings. The van der Waals surface area contributed by atoms with Gasteiger partial charge in [0.15, 0.2) is 0 Å². The maximum absolute atomic E-state index is 12.6. The van der Waals surface area contributed by atoms with Crippen LogP contribution in [0, 0.1) is 11.8 Å². The molecule has 1 aliphatic carbocycles. The summed E-state index contributed by atoms with van der Waals surface area (Å²) in [4.78, 5) is 17.2. The van der Waals surface area contributed by atoms with Crippen LogP contribution in [0.25, 0.3) is 11.3 Å². The Morgan fingerprint density at radius 2 is 1.67 bits per heavy atom. The second-order valence-corrected chi connectivity index (χ2v) is 8.81. The Morgan fingerprint density at radius 3 is 2.30 bits per heavy atom. The van der Waals surface area contributed by atoms with Crippen LogP contribution in [0.15, 0.2) is 42.6 Å². The lowest BCUT2D eigenvalue weighted by atomic mass is 9.80. The number of hydrogen-bond acceptors (Lipinski definition) is 3. The van der Waals surface area contributed by atoms with E-state index in [-0.39, 0.29) is 11.9 Å². The van der Waals surface area contributed by atoms with Crippen LogP contribution in [0.5, 0.6) is 5.75 Å². The second-order valence-electron chi connectivity index (χ2n) is 8.81. The summed E-state index contributed by atoms with van der Waals surface area (Å²) in [5, 5.41) is 0. The van der Waals surface area contributed by atoms with E-state index in [1.54, 1.807) is 0 Å². The van der Waals surface area contributed by atoms with Crippen LogP contribution in [0.4, 0.5) is 0 Å². The van der Waals surface area contributed by atoms with E-state index in [0.29, 0.717) is 5.75 Å². The Bertz CT molecular complexity index is 758. The minimum Gasteiger partial charge on any atom is -0.426 e. The third-order valence-electron chi connectivity index (χ3n) is 6.41. The fraction of sp³-hybridized carbons (Fsp3) is 0.556. The molecule has 30 heavy (non-hydrogen) atoms. The summed E-state index contributed by atoms with van der Waals surface area (Å²) in [5.74, 6) is 1.44. The number of ether oxygens (including phenoxy) is 1. The average molecular weight is 408 g/mol. The summed E-state index contributed by atoms with van der Waals surface area (Å²) in [6.07, 6.45) is 15.0. The molecule has 2 aromatic rings. The van der Waals surface area contributed by atoms with Gasteiger partial charge in [-0.25, -0.2) is 0 Å². The van der Waals surface area contributed by atoms with Crippen molar-refractivity contribution in [2.75, 3.05) is 0 Å². The van der Waals surface area contributed by atoms with Gasteiger partial charge in [0, 0.05) is 11.8 Å². The van der Waals surface area contributed by atoms with Crippen molar-refractivity contribution < 1.29 is 9.53 Å². The van der Waals surface area contributed by atoms with Gasteiger partial charge in [0.05, 0.1) is 11.6 Å². The van der Waals surface area contributed by atoms with Gasteiger partial charge in [-0.05, 0) is 80.3 Å². The van der Waals surface area contributed by atoms with Gasteiger partial charge in [-0.3, -0.25) is 9.78 Å². The highest BCUT2D eigenvalue weighted by Gasteiger charge is 2.27. The summed E-state index contributed by atoms with van der Waals surface area (Å²) in [5.41, 5.74) is 3.28. The van der Waals surface area contributed by atoms with E-state index >= 15 is 0 Å². The highest BCUT2D eigenvalue weighted by molar-refractivity contribution is 5.75. The fourth-order valence-corrected chi connectivity index (χ4v) is 4.39. The van der Waals surface area contributed by atoms with Crippen molar-refractivity contribution in [1.29, 1.82) is 0 Å². The molecule has 1 fully saturated rings. The molecule has 0 atom stereocenters. The maximum atomic E-state index is 12.6. The molecule has 0 radical (unpaired) electrons. The van der Waals surface area contributed by atoms with Gasteiger partial charge in [-0.2, -0.15) is 0 Å². The Hall–Kier alpha value is -2.16. The van der Waals surface area contributed by atoms with Gasteiger partial charge in [0.25, 0.3) is 0 Å². The molecular formula is C27H37NO2. The van der Waals surface area contributed by atoms with Crippen LogP contribution < -0.4 is 4.74 Å². The van der Waals surface area contributed by atoms with Gasteiger partial charge < -0.3 is 4.74 Å². The number of carbonyl (C=O) groups excluding carboxylic acids is 1. The van der Waals surface area contributed by atoms with Gasteiger partial charge in [-0.1, -0.05) is 52.0 Å². The van der Waals surface area contributed by atoms with Crippen LogP contribution in [0.1, 0.15) is 83.6 Å². The largest absolute Gasteiger partial charge is 0.426 e. The van der Waals surface area contributed by atoms with E-state index < -0.39 is 0 Å². The topological polar surface area (TPSA) is 39.2 Å². The van der Waals surface area contributed by atoms with E-state index in [1.807, 2.05) is 30.5 Å². The number of aryl methyl sites for hydroxylation is 1. The highest BCUT2D eigenvalue weighted by Crippen LogP contribution is 2.33. The van der Waals surface area contributed by atoms with Crippen molar-refractivity contribution in [2.24, 2.45) is 11.8 Å². The molecular weight excluding hydrogens is 370 g/mol. The van der Waals surface area contributed by atoms with E-state index in [2.05, 4.69) is 31.0 Å². The molecule has 0 unspecified atom stereocenters. The monoisotopic (exact) mass is 407 g/mol. The Morgan fingerprint density at radius 1 is 0.933 bits per heavy atom. The number of rotatable bonds is 10. The molecule has 0 N–H and O–H groups in total. The lowest BCUT2D eigenvalue weighted by Crippen LogP contribution is -2.25. The summed E-state index contributed by atoms with van der Waals surface area (Å²) in [6, 6.07) is 12.0. The molecule has 1 aromatic carbocycles. The van der Waals surface area contributed by atoms with Gasteiger partial charge in [0.1, 0.15) is 5.75 Å². The summed E-state index contributed by atoms with van der Waals surface area (Å²) < 4.78 is 5.68. The van der Waals surface area contributed by atoms with E-state index in [4.69, 9.17) is 4.74 Å². The highest BCUT2D eigenvalue weighted by atomic mass is 16.5. The summed E-state index contributed by atoms with van der Waals surface area (Å²) in [6.45, 7) is 4.45. The number of carbonyl (C=O) groups is 1. The van der Waals surface area contributed by atoms with Crippen LogP contribution in [-0.4, -0.2) is 11.0 Å². The van der Waals surface area contributed by atoms with Crippen LogP contribution >= 0.6 is 0 Å². The first-order valence-electron chi connectivity index (χ1n) is 12.0. The van der Waals surface area contributed by atoms with Crippen molar-refractivity contribution >= 4 is 5.97 Å². The van der Waals surface area contributed by atoms with Crippen LogP contribution in [-0.2, 0) is 11.2 Å². The number of esters is 1. The molecule has 0 saturated heterocycles. The van der Waals surface area contributed by atoms with Gasteiger partial charge in [0.2, 0.25) is 0 Å². The van der Waals surface area contributed by atoms with Crippen molar-refractivity contribution in [2.45, 2.75) is 84.5 Å². The minimum absolute atomic E-state index is 0.0597. The number of aromatic nitrogens is 1. The van der Waals surface area contributed by atoms with E-state index in [0.717, 1.165) is 36.4 Å². The van der Waals surface area contributed by atoms with Crippen LogP contribution in [0.3, 0.4) is 0 Å². The van der Waals surface area contributed by atoms with Crippen LogP contribution in [0.2, 0.25) is 0 Å². The molecule has 0 aliphatic heterocycles. The lowest BCUT2D eigenvalue weighted by molar-refractivity contribution is -0.140. The summed E-state index contributed by atoms with van der Waals surface area (Å²) in [7, 11) is 0. The molecule has 1 aromatic heterocycles. The SMILES string of the molecule is CCCCC[C@H]1CC[C@H](C(=O)Oc2ccc(-c3ccc(CCCC)cn3)cc2)CC1. The zero-order chi connectivity index (χ0) is 21.2. The number of hydrogen-bond donors (Lipinski definition) is 0. The number of nitrogens with zero attached hydrogens (tertiary/aromatic N) is 1. The van der Waals surface area contributed by atoms with E-state index in [1.165, 1.54) is 56.9 Å². The third kappa shape index (κ3) is 6.68. The predicted octanol–water partition coefficient (Wildman–Crippen LogP) is 7.38. The minimum atomic E-state index is -0.0619. The predicted molar refractivity (Wildman–Crippen MR) is 124 cm³/mol. The molecule has 3 nitrogen and oxygen atoms in total. The van der Waals surface area contributed by atoms with Gasteiger partial charge >= 0.3 is 5.97 Å². The van der Waals surface area contributed by atoms with Crippen molar-refractivity contribution in [1.82, 2.24) is 4.98 Å². The first-order chi connectivity index (χ1) is 14.7. The molecule has 0 spiro atoms. The molecule has 3 heteroatoms. The number of unbranched alkanes of at least 4 members (excludes halogenated alkanes) is 3. The third-order valence-corrected chi connectivity index (χ3v) is 6.41. The molecule has 1 saturated carbocycles. The fourth-order valence-electron chi connectivity index (χ4n) is 4.39. The standard InChI is InChI=1S/C27H37NO2/c1-3-5-7-9-21-10-13-24(14-11-21)27(29)30-25-17-15-23(16-18-25)26-19-12-22(20-28-26)8-6-4-2/h12,15-21,24H,3-11,13-14H2,1-2H3/t21-,24-. The Kier molecular flexibility index (Phi) is 8.92. The first-order valence-corrected chi connectivity index (χ1v) is 12.0. The molecule has 0 amide bonds. The number of benzene rings is 1.